The van der Waals surface area contributed by atoms with Crippen molar-refractivity contribution >= 4 is 21.6 Å². The van der Waals surface area contributed by atoms with Crippen LogP contribution in [-0.4, -0.2) is 38.6 Å². The molecule has 0 unspecified atom stereocenters. The van der Waals surface area contributed by atoms with Gasteiger partial charge in [-0.05, 0) is 50.5 Å². The molecule has 0 radical (unpaired) electrons. The Morgan fingerprint density at radius 1 is 1.00 bits per heavy atom. The molecule has 0 N–H and O–H groups in total. The van der Waals surface area contributed by atoms with Crippen LogP contribution < -0.4 is 4.31 Å². The number of hydrogen-bond acceptors (Lipinski definition) is 3. The van der Waals surface area contributed by atoms with E-state index in [1.54, 1.807) is 24.9 Å². The fourth-order valence-electron chi connectivity index (χ4n) is 3.10. The lowest BCUT2D eigenvalue weighted by molar-refractivity contribution is -0.131. The number of nitrogens with zero attached hydrogens (tertiary/aromatic N) is 2. The Labute approximate surface area is 162 Å². The van der Waals surface area contributed by atoms with Gasteiger partial charge in [-0.2, -0.15) is 0 Å². The second-order valence-corrected chi connectivity index (χ2v) is 9.06. The van der Waals surface area contributed by atoms with Crippen LogP contribution in [-0.2, 0) is 21.4 Å². The summed E-state index contributed by atoms with van der Waals surface area (Å²) in [5.41, 5.74) is 4.45. The number of amides is 1. The maximum absolute atomic E-state index is 13.0. The van der Waals surface area contributed by atoms with E-state index in [0.717, 1.165) is 28.5 Å². The Morgan fingerprint density at radius 2 is 1.56 bits per heavy atom. The van der Waals surface area contributed by atoms with E-state index in [9.17, 15) is 13.2 Å². The molecular weight excluding hydrogens is 360 g/mol. The third kappa shape index (κ3) is 5.10. The molecule has 0 aliphatic carbocycles. The van der Waals surface area contributed by atoms with Crippen molar-refractivity contribution in [3.8, 4) is 0 Å². The molecule has 2 aromatic carbocycles. The molecule has 0 aliphatic rings. The van der Waals surface area contributed by atoms with Crippen molar-refractivity contribution in [2.24, 2.45) is 0 Å². The van der Waals surface area contributed by atoms with Crippen molar-refractivity contribution in [2.45, 2.75) is 40.3 Å². The van der Waals surface area contributed by atoms with Gasteiger partial charge >= 0.3 is 0 Å². The SMILES string of the molecule is Cc1ccc(CN(C)C(=O)[C@H](C)N(c2cc(C)ccc2C)S(C)(=O)=O)cc1. The Bertz CT molecular complexity index is 921. The molecule has 0 heterocycles. The molecule has 0 aliphatic heterocycles. The number of carbonyl (C=O) groups excluding carboxylic acids is 1. The van der Waals surface area contributed by atoms with Crippen LogP contribution in [0.1, 0.15) is 29.2 Å². The third-order valence-corrected chi connectivity index (χ3v) is 5.81. The van der Waals surface area contributed by atoms with Gasteiger partial charge in [-0.15, -0.1) is 0 Å². The number of likely N-dealkylation sites (N-methyl/N-ethyl adjacent to an activating group) is 1. The minimum Gasteiger partial charge on any atom is -0.340 e. The maximum atomic E-state index is 13.0. The van der Waals surface area contributed by atoms with Gasteiger partial charge in [0, 0.05) is 13.6 Å². The number of rotatable bonds is 6. The van der Waals surface area contributed by atoms with Crippen molar-refractivity contribution < 1.29 is 13.2 Å². The molecule has 0 aromatic heterocycles. The highest BCUT2D eigenvalue weighted by Crippen LogP contribution is 2.27. The summed E-state index contributed by atoms with van der Waals surface area (Å²) >= 11 is 0. The smallest absolute Gasteiger partial charge is 0.246 e. The molecule has 1 atom stereocenters. The number of benzene rings is 2. The summed E-state index contributed by atoms with van der Waals surface area (Å²) in [5.74, 6) is -0.248. The zero-order chi connectivity index (χ0) is 20.4. The van der Waals surface area contributed by atoms with E-state index in [2.05, 4.69) is 0 Å². The van der Waals surface area contributed by atoms with Crippen LogP contribution in [0.5, 0.6) is 0 Å². The van der Waals surface area contributed by atoms with Crippen LogP contribution in [0.2, 0.25) is 0 Å². The Kier molecular flexibility index (Phi) is 6.31. The monoisotopic (exact) mass is 388 g/mol. The van der Waals surface area contributed by atoms with E-state index in [1.165, 1.54) is 4.31 Å². The molecule has 0 saturated heterocycles. The number of hydrogen-bond donors (Lipinski definition) is 0. The fraction of sp³-hybridized carbons (Fsp3) is 0.381. The van der Waals surface area contributed by atoms with Crippen LogP contribution in [0.15, 0.2) is 42.5 Å². The molecule has 6 heteroatoms. The molecule has 0 bridgehead atoms. The van der Waals surface area contributed by atoms with Crippen LogP contribution in [0, 0.1) is 20.8 Å². The second-order valence-electron chi connectivity index (χ2n) is 7.20. The van der Waals surface area contributed by atoms with Crippen LogP contribution >= 0.6 is 0 Å². The van der Waals surface area contributed by atoms with Gasteiger partial charge in [-0.25, -0.2) is 8.42 Å². The third-order valence-electron chi connectivity index (χ3n) is 4.59. The summed E-state index contributed by atoms with van der Waals surface area (Å²) in [6.45, 7) is 7.82. The van der Waals surface area contributed by atoms with Gasteiger partial charge in [-0.1, -0.05) is 42.0 Å². The van der Waals surface area contributed by atoms with E-state index in [4.69, 9.17) is 0 Å². The summed E-state index contributed by atoms with van der Waals surface area (Å²) in [7, 11) is -1.93. The number of carbonyl (C=O) groups is 1. The normalized spacial score (nSPS) is 12.5. The highest BCUT2D eigenvalue weighted by atomic mass is 32.2. The second kappa shape index (κ2) is 8.13. The van der Waals surface area contributed by atoms with Crippen molar-refractivity contribution in [3.05, 3.63) is 64.7 Å². The van der Waals surface area contributed by atoms with E-state index in [-0.39, 0.29) is 5.91 Å². The van der Waals surface area contributed by atoms with E-state index >= 15 is 0 Å². The zero-order valence-corrected chi connectivity index (χ0v) is 17.7. The number of aryl methyl sites for hydroxylation is 3. The average Bonchev–Trinajstić information content (AvgIpc) is 2.58. The first-order valence-electron chi connectivity index (χ1n) is 8.88. The fourth-order valence-corrected chi connectivity index (χ4v) is 4.31. The Hall–Kier alpha value is -2.34. The summed E-state index contributed by atoms with van der Waals surface area (Å²) in [6, 6.07) is 12.7. The first kappa shape index (κ1) is 21.0. The molecule has 0 saturated carbocycles. The van der Waals surface area contributed by atoms with Crippen LogP contribution in [0.4, 0.5) is 5.69 Å². The Morgan fingerprint density at radius 3 is 2.11 bits per heavy atom. The molecule has 0 fully saturated rings. The minimum absolute atomic E-state index is 0.248. The number of anilines is 1. The van der Waals surface area contributed by atoms with Gasteiger partial charge in [0.25, 0.3) is 0 Å². The average molecular weight is 389 g/mol. The van der Waals surface area contributed by atoms with Crippen LogP contribution in [0.25, 0.3) is 0 Å². The maximum Gasteiger partial charge on any atom is 0.246 e. The lowest BCUT2D eigenvalue weighted by atomic mass is 10.1. The Balaban J connectivity index is 2.31. The molecule has 27 heavy (non-hydrogen) atoms. The van der Waals surface area contributed by atoms with Crippen molar-refractivity contribution in [1.82, 2.24) is 4.90 Å². The standard InChI is InChI=1S/C21H28N2O3S/c1-15-8-11-19(12-9-15)14-22(5)21(24)18(4)23(27(6,25)26)20-13-16(2)7-10-17(20)3/h7-13,18H,14H2,1-6H3/t18-/m0/s1. The van der Waals surface area contributed by atoms with Gasteiger partial charge < -0.3 is 4.90 Å². The van der Waals surface area contributed by atoms with Crippen LogP contribution in [0.3, 0.4) is 0 Å². The topological polar surface area (TPSA) is 57.7 Å². The van der Waals surface area contributed by atoms with Crippen molar-refractivity contribution in [3.63, 3.8) is 0 Å². The van der Waals surface area contributed by atoms with E-state index < -0.39 is 16.1 Å². The summed E-state index contributed by atoms with van der Waals surface area (Å²) in [4.78, 5) is 14.6. The number of sulfonamides is 1. The molecule has 0 spiro atoms. The summed E-state index contributed by atoms with van der Waals surface area (Å²) < 4.78 is 26.3. The van der Waals surface area contributed by atoms with E-state index in [1.807, 2.05) is 57.2 Å². The summed E-state index contributed by atoms with van der Waals surface area (Å²) in [6.07, 6.45) is 1.14. The zero-order valence-electron chi connectivity index (χ0n) is 16.9. The lowest BCUT2D eigenvalue weighted by Crippen LogP contribution is -2.48. The van der Waals surface area contributed by atoms with Gasteiger partial charge in [-0.3, -0.25) is 9.10 Å². The predicted molar refractivity (Wildman–Crippen MR) is 110 cm³/mol. The highest BCUT2D eigenvalue weighted by Gasteiger charge is 2.31. The molecule has 1 amide bonds. The van der Waals surface area contributed by atoms with Gasteiger partial charge in [0.1, 0.15) is 6.04 Å². The van der Waals surface area contributed by atoms with Gasteiger partial charge in [0.2, 0.25) is 15.9 Å². The molecule has 2 aromatic rings. The first-order chi connectivity index (χ1) is 12.5. The lowest BCUT2D eigenvalue weighted by Gasteiger charge is -2.32. The molecule has 146 valence electrons. The largest absolute Gasteiger partial charge is 0.340 e. The quantitative estimate of drug-likeness (QED) is 0.762. The minimum atomic E-state index is -3.63. The molecule has 2 rings (SSSR count). The first-order valence-corrected chi connectivity index (χ1v) is 10.7. The summed E-state index contributed by atoms with van der Waals surface area (Å²) in [5, 5.41) is 0. The van der Waals surface area contributed by atoms with Crippen molar-refractivity contribution in [1.29, 1.82) is 0 Å². The molecular formula is C21H28N2O3S. The molecule has 5 nitrogen and oxygen atoms in total. The van der Waals surface area contributed by atoms with Crippen molar-refractivity contribution in [2.75, 3.05) is 17.6 Å². The van der Waals surface area contributed by atoms with Gasteiger partial charge in [0.15, 0.2) is 0 Å². The van der Waals surface area contributed by atoms with Gasteiger partial charge in [0.05, 0.1) is 11.9 Å². The van der Waals surface area contributed by atoms with E-state index in [0.29, 0.717) is 12.2 Å². The predicted octanol–water partition coefficient (Wildman–Crippen LogP) is 3.42. The highest BCUT2D eigenvalue weighted by molar-refractivity contribution is 7.92.